The van der Waals surface area contributed by atoms with Crippen molar-refractivity contribution >= 4 is 29.3 Å². The molecule has 0 unspecified atom stereocenters. The highest BCUT2D eigenvalue weighted by Crippen LogP contribution is 2.22. The van der Waals surface area contributed by atoms with E-state index in [2.05, 4.69) is 26.1 Å². The van der Waals surface area contributed by atoms with Crippen molar-refractivity contribution in [3.05, 3.63) is 54.0 Å². The van der Waals surface area contributed by atoms with Crippen molar-refractivity contribution < 1.29 is 18.7 Å². The minimum Gasteiger partial charge on any atom is -0.461 e. The lowest BCUT2D eigenvalue weighted by atomic mass is 10.2. The largest absolute Gasteiger partial charge is 0.461 e. The number of ether oxygens (including phenoxy) is 1. The van der Waals surface area contributed by atoms with Crippen LogP contribution in [-0.4, -0.2) is 29.0 Å². The van der Waals surface area contributed by atoms with Gasteiger partial charge in [0.1, 0.15) is 6.61 Å². The minimum absolute atomic E-state index is 0.153. The first-order valence-electron chi connectivity index (χ1n) is 7.61. The summed E-state index contributed by atoms with van der Waals surface area (Å²) in [5.74, 6) is 0.282. The van der Waals surface area contributed by atoms with E-state index in [4.69, 9.17) is 9.15 Å². The molecule has 0 aliphatic heterocycles. The van der Waals surface area contributed by atoms with E-state index in [0.29, 0.717) is 17.9 Å². The zero-order valence-corrected chi connectivity index (χ0v) is 14.8. The Hall–Kier alpha value is -2.21. The fraction of sp³-hybridized carbons (Fsp3) is 0.333. The first-order valence-corrected chi connectivity index (χ1v) is 8.60. The number of furan rings is 1. The third kappa shape index (κ3) is 5.77. The average Bonchev–Trinajstić information content (AvgIpc) is 3.05. The van der Waals surface area contributed by atoms with Gasteiger partial charge in [0.05, 0.1) is 11.8 Å². The summed E-state index contributed by atoms with van der Waals surface area (Å²) in [4.78, 5) is 23.8. The SMILES string of the molecule is CC(C)(C)SCCOC(=O)c1ccc(NC(=O)c2ccco2)cc1. The lowest BCUT2D eigenvalue weighted by Gasteiger charge is -2.17. The van der Waals surface area contributed by atoms with E-state index in [9.17, 15) is 9.59 Å². The Bertz CT molecular complexity index is 672. The molecular weight excluding hydrogens is 326 g/mol. The van der Waals surface area contributed by atoms with Gasteiger partial charge in [0, 0.05) is 16.2 Å². The molecule has 1 N–H and O–H groups in total. The van der Waals surface area contributed by atoms with Gasteiger partial charge in [0.25, 0.3) is 5.91 Å². The maximum absolute atomic E-state index is 12.0. The van der Waals surface area contributed by atoms with E-state index in [1.165, 1.54) is 6.26 Å². The zero-order chi connectivity index (χ0) is 17.6. The van der Waals surface area contributed by atoms with E-state index in [0.717, 1.165) is 5.75 Å². The summed E-state index contributed by atoms with van der Waals surface area (Å²) in [7, 11) is 0. The molecule has 0 radical (unpaired) electrons. The predicted molar refractivity (Wildman–Crippen MR) is 95.6 cm³/mol. The van der Waals surface area contributed by atoms with Crippen LogP contribution < -0.4 is 5.32 Å². The molecule has 6 heteroatoms. The lowest BCUT2D eigenvalue weighted by Crippen LogP contribution is -2.13. The molecule has 0 aliphatic carbocycles. The first kappa shape index (κ1) is 18.1. The maximum atomic E-state index is 12.0. The highest BCUT2D eigenvalue weighted by molar-refractivity contribution is 8.00. The average molecular weight is 347 g/mol. The molecule has 1 heterocycles. The molecule has 0 bridgehead atoms. The van der Waals surface area contributed by atoms with E-state index < -0.39 is 0 Å². The van der Waals surface area contributed by atoms with Crippen LogP contribution in [0.1, 0.15) is 41.7 Å². The molecule has 1 amide bonds. The highest BCUT2D eigenvalue weighted by Gasteiger charge is 2.12. The molecule has 2 aromatic rings. The Morgan fingerprint density at radius 3 is 2.46 bits per heavy atom. The van der Waals surface area contributed by atoms with Crippen LogP contribution in [0.25, 0.3) is 0 Å². The summed E-state index contributed by atoms with van der Waals surface area (Å²) < 4.78 is 10.4. The van der Waals surface area contributed by atoms with Crippen LogP contribution in [0.15, 0.2) is 47.1 Å². The summed E-state index contributed by atoms with van der Waals surface area (Å²) >= 11 is 1.75. The van der Waals surface area contributed by atoms with Crippen molar-refractivity contribution in [1.82, 2.24) is 0 Å². The number of amides is 1. The number of thioether (sulfide) groups is 1. The van der Waals surface area contributed by atoms with Crippen LogP contribution in [0.3, 0.4) is 0 Å². The van der Waals surface area contributed by atoms with Crippen LogP contribution in [0, 0.1) is 0 Å². The smallest absolute Gasteiger partial charge is 0.338 e. The molecule has 1 aromatic carbocycles. The van der Waals surface area contributed by atoms with Gasteiger partial charge < -0.3 is 14.5 Å². The molecule has 0 fully saturated rings. The number of rotatable bonds is 6. The quantitative estimate of drug-likeness (QED) is 0.626. The molecule has 0 aliphatic rings. The van der Waals surface area contributed by atoms with Gasteiger partial charge >= 0.3 is 5.97 Å². The highest BCUT2D eigenvalue weighted by atomic mass is 32.2. The molecule has 24 heavy (non-hydrogen) atoms. The number of anilines is 1. The van der Waals surface area contributed by atoms with Crippen molar-refractivity contribution in [3.63, 3.8) is 0 Å². The second-order valence-corrected chi connectivity index (χ2v) is 8.03. The van der Waals surface area contributed by atoms with Gasteiger partial charge in [-0.2, -0.15) is 11.8 Å². The van der Waals surface area contributed by atoms with Crippen LogP contribution in [0.5, 0.6) is 0 Å². The molecule has 5 nitrogen and oxygen atoms in total. The molecular formula is C18H21NO4S. The molecule has 0 atom stereocenters. The van der Waals surface area contributed by atoms with Crippen molar-refractivity contribution in [1.29, 1.82) is 0 Å². The van der Waals surface area contributed by atoms with E-state index in [1.54, 1.807) is 48.2 Å². The Morgan fingerprint density at radius 2 is 1.88 bits per heavy atom. The second-order valence-electron chi connectivity index (χ2n) is 6.11. The Labute approximate surface area is 145 Å². The standard InChI is InChI=1S/C18H21NO4S/c1-18(2,3)24-12-11-23-17(21)13-6-8-14(9-7-13)19-16(20)15-5-4-10-22-15/h4-10H,11-12H2,1-3H3,(H,19,20). The number of carbonyl (C=O) groups excluding carboxylic acids is 2. The van der Waals surface area contributed by atoms with Gasteiger partial charge in [-0.1, -0.05) is 20.8 Å². The minimum atomic E-state index is -0.367. The third-order valence-corrected chi connectivity index (χ3v) is 4.21. The second kappa shape index (κ2) is 8.06. The zero-order valence-electron chi connectivity index (χ0n) is 14.0. The topological polar surface area (TPSA) is 68.5 Å². The number of hydrogen-bond acceptors (Lipinski definition) is 5. The Kier molecular flexibility index (Phi) is 6.09. The molecule has 1 aromatic heterocycles. The fourth-order valence-corrected chi connectivity index (χ4v) is 2.63. The number of carbonyl (C=O) groups is 2. The summed E-state index contributed by atoms with van der Waals surface area (Å²) in [5, 5.41) is 2.69. The van der Waals surface area contributed by atoms with Gasteiger partial charge in [-0.15, -0.1) is 0 Å². The van der Waals surface area contributed by atoms with Crippen LogP contribution in [0.4, 0.5) is 5.69 Å². The Morgan fingerprint density at radius 1 is 1.17 bits per heavy atom. The van der Waals surface area contributed by atoms with Gasteiger partial charge in [0.2, 0.25) is 0 Å². The van der Waals surface area contributed by atoms with E-state index in [-0.39, 0.29) is 22.4 Å². The summed E-state index contributed by atoms with van der Waals surface area (Å²) in [6, 6.07) is 9.78. The van der Waals surface area contributed by atoms with Crippen molar-refractivity contribution in [2.24, 2.45) is 0 Å². The summed E-state index contributed by atoms with van der Waals surface area (Å²) in [5.41, 5.74) is 1.03. The third-order valence-electron chi connectivity index (χ3n) is 2.98. The lowest BCUT2D eigenvalue weighted by molar-refractivity contribution is 0.0530. The normalized spacial score (nSPS) is 11.1. The number of hydrogen-bond donors (Lipinski definition) is 1. The summed E-state index contributed by atoms with van der Waals surface area (Å²) in [6.45, 7) is 6.73. The van der Waals surface area contributed by atoms with Crippen molar-refractivity contribution in [3.8, 4) is 0 Å². The Balaban J connectivity index is 1.82. The number of esters is 1. The van der Waals surface area contributed by atoms with Crippen molar-refractivity contribution in [2.45, 2.75) is 25.5 Å². The fourth-order valence-electron chi connectivity index (χ4n) is 1.86. The first-order chi connectivity index (χ1) is 11.3. The van der Waals surface area contributed by atoms with E-state index >= 15 is 0 Å². The monoisotopic (exact) mass is 347 g/mol. The van der Waals surface area contributed by atoms with Crippen molar-refractivity contribution in [2.75, 3.05) is 17.7 Å². The van der Waals surface area contributed by atoms with Crippen LogP contribution in [0.2, 0.25) is 0 Å². The summed E-state index contributed by atoms with van der Waals surface area (Å²) in [6.07, 6.45) is 1.44. The number of benzene rings is 1. The van der Waals surface area contributed by atoms with Gasteiger partial charge in [-0.05, 0) is 36.4 Å². The molecule has 2 rings (SSSR count). The molecule has 0 saturated carbocycles. The van der Waals surface area contributed by atoms with Crippen LogP contribution in [-0.2, 0) is 4.74 Å². The van der Waals surface area contributed by atoms with Crippen LogP contribution >= 0.6 is 11.8 Å². The van der Waals surface area contributed by atoms with Gasteiger partial charge in [-0.3, -0.25) is 4.79 Å². The maximum Gasteiger partial charge on any atom is 0.338 e. The molecule has 0 spiro atoms. The van der Waals surface area contributed by atoms with E-state index in [1.807, 2.05) is 0 Å². The predicted octanol–water partition coefficient (Wildman–Crippen LogP) is 4.22. The van der Waals surface area contributed by atoms with Gasteiger partial charge in [-0.25, -0.2) is 4.79 Å². The van der Waals surface area contributed by atoms with Gasteiger partial charge in [0.15, 0.2) is 5.76 Å². The molecule has 0 saturated heterocycles. The molecule has 128 valence electrons. The number of nitrogens with one attached hydrogen (secondary N) is 1.